The average Bonchev–Trinajstić information content (AvgIpc) is 2.99. The molecular formula is C16H15F3N4O2. The molecule has 0 fully saturated rings. The van der Waals surface area contributed by atoms with Crippen molar-refractivity contribution >= 4 is 11.5 Å². The first-order valence-electron chi connectivity index (χ1n) is 7.39. The number of hydrogen-bond donors (Lipinski definition) is 1. The van der Waals surface area contributed by atoms with Crippen molar-refractivity contribution in [3.63, 3.8) is 0 Å². The van der Waals surface area contributed by atoms with E-state index in [1.807, 2.05) is 0 Å². The molecule has 0 aliphatic rings. The lowest BCUT2D eigenvalue weighted by atomic mass is 10.1. The van der Waals surface area contributed by atoms with Crippen molar-refractivity contribution < 1.29 is 22.6 Å². The van der Waals surface area contributed by atoms with Crippen LogP contribution in [0.25, 0.3) is 16.9 Å². The fraction of sp³-hybridized carbons (Fsp3) is 0.250. The van der Waals surface area contributed by atoms with Gasteiger partial charge in [0, 0.05) is 31.6 Å². The molecule has 25 heavy (non-hydrogen) atoms. The molecule has 3 aromatic rings. The molecule has 3 rings (SSSR count). The van der Waals surface area contributed by atoms with Gasteiger partial charge in [0.2, 0.25) is 0 Å². The van der Waals surface area contributed by atoms with Crippen molar-refractivity contribution in [3.8, 4) is 17.0 Å². The fourth-order valence-electron chi connectivity index (χ4n) is 2.38. The van der Waals surface area contributed by atoms with E-state index >= 15 is 0 Å². The monoisotopic (exact) mass is 352 g/mol. The van der Waals surface area contributed by atoms with Crippen LogP contribution in [0.1, 0.15) is 0 Å². The number of hydrogen-bond acceptors (Lipinski definition) is 5. The molecule has 0 aliphatic carbocycles. The lowest BCUT2D eigenvalue weighted by Crippen LogP contribution is -2.17. The van der Waals surface area contributed by atoms with Crippen LogP contribution in [0.4, 0.5) is 19.0 Å². The van der Waals surface area contributed by atoms with Gasteiger partial charge in [0.15, 0.2) is 11.5 Å². The summed E-state index contributed by atoms with van der Waals surface area (Å²) in [5.41, 5.74) is 1.74. The third-order valence-electron chi connectivity index (χ3n) is 3.39. The van der Waals surface area contributed by atoms with Gasteiger partial charge in [-0.05, 0) is 12.1 Å². The molecule has 2 aromatic heterocycles. The number of rotatable bonds is 6. The molecule has 6 nitrogen and oxygen atoms in total. The van der Waals surface area contributed by atoms with E-state index in [9.17, 15) is 13.2 Å². The molecule has 0 spiro atoms. The summed E-state index contributed by atoms with van der Waals surface area (Å²) in [5.74, 6) is 0.279. The predicted molar refractivity (Wildman–Crippen MR) is 85.5 cm³/mol. The highest BCUT2D eigenvalue weighted by molar-refractivity contribution is 5.71. The zero-order valence-corrected chi connectivity index (χ0v) is 13.2. The van der Waals surface area contributed by atoms with Crippen LogP contribution in [-0.2, 0) is 4.74 Å². The van der Waals surface area contributed by atoms with Crippen molar-refractivity contribution in [2.24, 2.45) is 0 Å². The minimum atomic E-state index is -4.74. The van der Waals surface area contributed by atoms with Crippen molar-refractivity contribution in [2.75, 3.05) is 25.6 Å². The van der Waals surface area contributed by atoms with Crippen molar-refractivity contribution in [1.82, 2.24) is 14.4 Å². The molecule has 2 heterocycles. The van der Waals surface area contributed by atoms with Gasteiger partial charge < -0.3 is 14.8 Å². The quantitative estimate of drug-likeness (QED) is 0.690. The van der Waals surface area contributed by atoms with E-state index in [2.05, 4.69) is 20.0 Å². The van der Waals surface area contributed by atoms with Gasteiger partial charge >= 0.3 is 6.36 Å². The van der Waals surface area contributed by atoms with Crippen molar-refractivity contribution in [3.05, 3.63) is 42.9 Å². The zero-order chi connectivity index (χ0) is 17.9. The molecule has 0 radical (unpaired) electrons. The third kappa shape index (κ3) is 4.00. The molecule has 9 heteroatoms. The Bertz CT molecular complexity index is 864. The Morgan fingerprint density at radius 2 is 2.08 bits per heavy atom. The van der Waals surface area contributed by atoms with Crippen LogP contribution in [-0.4, -0.2) is 41.0 Å². The van der Waals surface area contributed by atoms with E-state index in [0.29, 0.717) is 35.9 Å². The van der Waals surface area contributed by atoms with E-state index in [1.54, 1.807) is 36.2 Å². The molecule has 0 amide bonds. The summed E-state index contributed by atoms with van der Waals surface area (Å²) < 4.78 is 47.9. The number of alkyl halides is 3. The topological polar surface area (TPSA) is 60.7 Å². The van der Waals surface area contributed by atoms with E-state index < -0.39 is 6.36 Å². The molecule has 0 unspecified atom stereocenters. The summed E-state index contributed by atoms with van der Waals surface area (Å²) in [5, 5.41) is 3.10. The lowest BCUT2D eigenvalue weighted by molar-refractivity contribution is -0.274. The number of nitrogens with zero attached hydrogens (tertiary/aromatic N) is 3. The van der Waals surface area contributed by atoms with Gasteiger partial charge in [-0.15, -0.1) is 13.2 Å². The number of anilines is 1. The highest BCUT2D eigenvalue weighted by Crippen LogP contribution is 2.29. The molecule has 1 N–H and O–H groups in total. The zero-order valence-electron chi connectivity index (χ0n) is 13.2. The van der Waals surface area contributed by atoms with Gasteiger partial charge in [0.05, 0.1) is 18.5 Å². The molecule has 0 bridgehead atoms. The maximum atomic E-state index is 12.4. The van der Waals surface area contributed by atoms with Crippen LogP contribution in [0.5, 0.6) is 5.75 Å². The minimum Gasteiger partial charge on any atom is -0.406 e. The summed E-state index contributed by atoms with van der Waals surface area (Å²) in [7, 11) is 1.60. The van der Waals surface area contributed by atoms with Crippen LogP contribution in [0.3, 0.4) is 0 Å². The van der Waals surface area contributed by atoms with Gasteiger partial charge in [-0.1, -0.05) is 12.1 Å². The minimum absolute atomic E-state index is 0.285. The normalized spacial score (nSPS) is 11.7. The Morgan fingerprint density at radius 1 is 1.24 bits per heavy atom. The molecule has 0 saturated carbocycles. The number of nitrogens with one attached hydrogen (secondary N) is 1. The van der Waals surface area contributed by atoms with E-state index in [1.165, 1.54) is 18.2 Å². The van der Waals surface area contributed by atoms with E-state index in [-0.39, 0.29) is 5.75 Å². The number of halogens is 3. The van der Waals surface area contributed by atoms with E-state index in [0.717, 1.165) is 0 Å². The number of benzene rings is 1. The molecule has 132 valence electrons. The SMILES string of the molecule is COCCNc1nccn2c(-c3cccc(OC(F)(F)F)c3)cnc12. The lowest BCUT2D eigenvalue weighted by Gasteiger charge is -2.10. The summed E-state index contributed by atoms with van der Waals surface area (Å²) in [4.78, 5) is 8.54. The number of methoxy groups -OCH3 is 1. The second-order valence-electron chi connectivity index (χ2n) is 5.11. The van der Waals surface area contributed by atoms with Crippen molar-refractivity contribution in [1.29, 1.82) is 0 Å². The molecule has 0 aliphatic heterocycles. The molecule has 0 saturated heterocycles. The maximum absolute atomic E-state index is 12.4. The Hall–Kier alpha value is -2.81. The summed E-state index contributed by atoms with van der Waals surface area (Å²) in [6.07, 6.45) is 0.117. The summed E-state index contributed by atoms with van der Waals surface area (Å²) in [6, 6.07) is 5.74. The Morgan fingerprint density at radius 3 is 2.84 bits per heavy atom. The van der Waals surface area contributed by atoms with E-state index in [4.69, 9.17) is 4.74 Å². The second-order valence-corrected chi connectivity index (χ2v) is 5.11. The first kappa shape index (κ1) is 17.0. The fourth-order valence-corrected chi connectivity index (χ4v) is 2.38. The summed E-state index contributed by atoms with van der Waals surface area (Å²) >= 11 is 0. The van der Waals surface area contributed by atoms with Gasteiger partial charge in [-0.25, -0.2) is 9.97 Å². The van der Waals surface area contributed by atoms with Gasteiger partial charge in [-0.3, -0.25) is 4.40 Å². The Labute approximate surface area is 141 Å². The average molecular weight is 352 g/mol. The highest BCUT2D eigenvalue weighted by atomic mass is 19.4. The van der Waals surface area contributed by atoms with Gasteiger partial charge in [-0.2, -0.15) is 0 Å². The summed E-state index contributed by atoms with van der Waals surface area (Å²) in [6.45, 7) is 1.06. The number of fused-ring (bicyclic) bond motifs is 1. The smallest absolute Gasteiger partial charge is 0.406 e. The molecule has 0 atom stereocenters. The number of aromatic nitrogens is 3. The van der Waals surface area contributed by atoms with Crippen LogP contribution in [0.2, 0.25) is 0 Å². The van der Waals surface area contributed by atoms with Crippen LogP contribution < -0.4 is 10.1 Å². The Balaban J connectivity index is 1.94. The first-order valence-corrected chi connectivity index (χ1v) is 7.39. The first-order chi connectivity index (χ1) is 12.0. The van der Waals surface area contributed by atoms with Crippen LogP contribution in [0, 0.1) is 0 Å². The van der Waals surface area contributed by atoms with Crippen LogP contribution in [0.15, 0.2) is 42.9 Å². The molecule has 1 aromatic carbocycles. The number of ether oxygens (including phenoxy) is 2. The molecular weight excluding hydrogens is 337 g/mol. The second kappa shape index (κ2) is 6.98. The van der Waals surface area contributed by atoms with Gasteiger partial charge in [0.25, 0.3) is 0 Å². The highest BCUT2D eigenvalue weighted by Gasteiger charge is 2.31. The van der Waals surface area contributed by atoms with Gasteiger partial charge in [0.1, 0.15) is 5.75 Å². The Kier molecular flexibility index (Phi) is 4.75. The third-order valence-corrected chi connectivity index (χ3v) is 3.39. The maximum Gasteiger partial charge on any atom is 0.573 e. The predicted octanol–water partition coefficient (Wildman–Crippen LogP) is 3.35. The number of imidazole rings is 1. The van der Waals surface area contributed by atoms with Crippen LogP contribution >= 0.6 is 0 Å². The van der Waals surface area contributed by atoms with Crippen molar-refractivity contribution in [2.45, 2.75) is 6.36 Å². The largest absolute Gasteiger partial charge is 0.573 e. The standard InChI is InChI=1S/C16H15F3N4O2/c1-24-8-6-21-14-15-22-10-13(23(15)7-5-20-14)11-3-2-4-12(9-11)25-16(17,18)19/h2-5,7,9-10H,6,8H2,1H3,(H,20,21).